The maximum absolute atomic E-state index is 5.38. The number of ether oxygens (including phenoxy) is 2. The van der Waals surface area contributed by atoms with Crippen molar-refractivity contribution in [2.45, 2.75) is 6.92 Å². The van der Waals surface area contributed by atoms with E-state index in [-0.39, 0.29) is 0 Å². The van der Waals surface area contributed by atoms with Gasteiger partial charge in [0.25, 0.3) is 0 Å². The van der Waals surface area contributed by atoms with E-state index in [1.807, 2.05) is 25.1 Å². The van der Waals surface area contributed by atoms with Gasteiger partial charge in [-0.2, -0.15) is 0 Å². The minimum Gasteiger partial charge on any atom is -0.493 e. The second-order valence-corrected chi connectivity index (χ2v) is 2.48. The first-order valence-corrected chi connectivity index (χ1v) is 4.15. The summed E-state index contributed by atoms with van der Waals surface area (Å²) < 4.78 is 10.5. The van der Waals surface area contributed by atoms with Crippen LogP contribution in [0.25, 0.3) is 0 Å². The average Bonchev–Trinajstić information content (AvgIpc) is 2.18. The molecule has 1 aromatic rings. The lowest BCUT2D eigenvalue weighted by Crippen LogP contribution is -1.95. The van der Waals surface area contributed by atoms with E-state index in [0.717, 1.165) is 17.1 Å². The van der Waals surface area contributed by atoms with Crippen molar-refractivity contribution in [2.75, 3.05) is 13.7 Å². The first-order valence-electron chi connectivity index (χ1n) is 4.15. The van der Waals surface area contributed by atoms with Gasteiger partial charge in [-0.15, -0.1) is 0 Å². The highest BCUT2D eigenvalue weighted by Gasteiger charge is 2.02. The van der Waals surface area contributed by atoms with Crippen molar-refractivity contribution in [3.63, 3.8) is 0 Å². The van der Waals surface area contributed by atoms with Crippen LogP contribution in [0.3, 0.4) is 0 Å². The van der Waals surface area contributed by atoms with Gasteiger partial charge >= 0.3 is 0 Å². The molecule has 0 atom stereocenters. The Morgan fingerprint density at radius 1 is 1.38 bits per heavy atom. The van der Waals surface area contributed by atoms with E-state index in [1.54, 1.807) is 7.11 Å². The SMILES string of the molecule is C=[C]c1ccc(OC)c(OCC)c1. The lowest BCUT2D eigenvalue weighted by Gasteiger charge is -2.09. The van der Waals surface area contributed by atoms with E-state index >= 15 is 0 Å². The molecule has 0 saturated heterocycles. The molecule has 0 spiro atoms. The van der Waals surface area contributed by atoms with E-state index in [0.29, 0.717) is 6.61 Å². The fraction of sp³-hybridized carbons (Fsp3) is 0.273. The molecule has 2 heteroatoms. The zero-order valence-electron chi connectivity index (χ0n) is 7.96. The summed E-state index contributed by atoms with van der Waals surface area (Å²) in [6.45, 7) is 6.12. The van der Waals surface area contributed by atoms with Crippen LogP contribution < -0.4 is 9.47 Å². The molecule has 0 fully saturated rings. The van der Waals surface area contributed by atoms with E-state index in [4.69, 9.17) is 9.47 Å². The third-order valence-corrected chi connectivity index (χ3v) is 1.67. The van der Waals surface area contributed by atoms with Crippen LogP contribution in [0.4, 0.5) is 0 Å². The fourth-order valence-electron chi connectivity index (χ4n) is 1.05. The molecule has 0 unspecified atom stereocenters. The molecule has 0 bridgehead atoms. The zero-order chi connectivity index (χ0) is 9.68. The van der Waals surface area contributed by atoms with Gasteiger partial charge in [0.2, 0.25) is 0 Å². The van der Waals surface area contributed by atoms with E-state index in [1.165, 1.54) is 0 Å². The van der Waals surface area contributed by atoms with Crippen LogP contribution >= 0.6 is 0 Å². The van der Waals surface area contributed by atoms with E-state index in [9.17, 15) is 0 Å². The van der Waals surface area contributed by atoms with Crippen LogP contribution in [0.1, 0.15) is 12.5 Å². The maximum Gasteiger partial charge on any atom is 0.161 e. The minimum atomic E-state index is 0.622. The van der Waals surface area contributed by atoms with Crippen LogP contribution in [-0.4, -0.2) is 13.7 Å². The molecule has 0 aliphatic heterocycles. The molecule has 0 aliphatic carbocycles. The Bertz CT molecular complexity index is 292. The molecule has 1 aromatic carbocycles. The molecule has 13 heavy (non-hydrogen) atoms. The fourth-order valence-corrected chi connectivity index (χ4v) is 1.05. The Morgan fingerprint density at radius 2 is 2.15 bits per heavy atom. The Kier molecular flexibility index (Phi) is 3.38. The summed E-state index contributed by atoms with van der Waals surface area (Å²) in [6.07, 6.45) is 2.79. The predicted octanol–water partition coefficient (Wildman–Crippen LogP) is 2.43. The smallest absolute Gasteiger partial charge is 0.161 e. The first kappa shape index (κ1) is 9.65. The summed E-state index contributed by atoms with van der Waals surface area (Å²) >= 11 is 0. The number of hydrogen-bond acceptors (Lipinski definition) is 2. The van der Waals surface area contributed by atoms with Gasteiger partial charge in [0.15, 0.2) is 11.5 Å². The Hall–Kier alpha value is -1.44. The van der Waals surface area contributed by atoms with E-state index < -0.39 is 0 Å². The monoisotopic (exact) mass is 177 g/mol. The van der Waals surface area contributed by atoms with Gasteiger partial charge in [0.1, 0.15) is 0 Å². The molecule has 1 rings (SSSR count). The molecule has 0 aliphatic rings. The molecular weight excluding hydrogens is 164 g/mol. The molecule has 0 N–H and O–H groups in total. The quantitative estimate of drug-likeness (QED) is 0.703. The van der Waals surface area contributed by atoms with Gasteiger partial charge in [-0.05, 0) is 30.7 Å². The van der Waals surface area contributed by atoms with Crippen molar-refractivity contribution in [2.24, 2.45) is 0 Å². The molecule has 0 amide bonds. The average molecular weight is 177 g/mol. The molecule has 0 aromatic heterocycles. The highest BCUT2D eigenvalue weighted by Crippen LogP contribution is 2.27. The second-order valence-electron chi connectivity index (χ2n) is 2.48. The molecule has 0 saturated carbocycles. The topological polar surface area (TPSA) is 18.5 Å². The lowest BCUT2D eigenvalue weighted by molar-refractivity contribution is 0.311. The molecule has 2 nitrogen and oxygen atoms in total. The molecule has 69 valence electrons. The second kappa shape index (κ2) is 4.55. The number of benzene rings is 1. The van der Waals surface area contributed by atoms with Crippen LogP contribution in [0.2, 0.25) is 0 Å². The summed E-state index contributed by atoms with van der Waals surface area (Å²) in [7, 11) is 1.62. The predicted molar refractivity (Wildman–Crippen MR) is 52.1 cm³/mol. The summed E-state index contributed by atoms with van der Waals surface area (Å²) in [5.74, 6) is 1.47. The van der Waals surface area contributed by atoms with Gasteiger partial charge in [-0.3, -0.25) is 0 Å². The van der Waals surface area contributed by atoms with Crippen molar-refractivity contribution in [3.05, 3.63) is 36.4 Å². The first-order chi connectivity index (χ1) is 6.31. The Morgan fingerprint density at radius 3 is 2.69 bits per heavy atom. The van der Waals surface area contributed by atoms with Crippen molar-refractivity contribution >= 4 is 0 Å². The lowest BCUT2D eigenvalue weighted by atomic mass is 10.2. The minimum absolute atomic E-state index is 0.622. The van der Waals surface area contributed by atoms with Crippen molar-refractivity contribution in [1.82, 2.24) is 0 Å². The summed E-state index contributed by atoms with van der Waals surface area (Å²) in [5, 5.41) is 0. The highest BCUT2D eigenvalue weighted by molar-refractivity contribution is 5.44. The third kappa shape index (κ3) is 2.25. The van der Waals surface area contributed by atoms with Gasteiger partial charge in [-0.25, -0.2) is 0 Å². The number of methoxy groups -OCH3 is 1. The standard InChI is InChI=1S/C11H13O2/c1-4-9-6-7-10(12-3)11(8-9)13-5-2/h6-8H,1,5H2,2-3H3. The molecular formula is C11H13O2. The molecule has 1 radical (unpaired) electrons. The van der Waals surface area contributed by atoms with Crippen molar-refractivity contribution < 1.29 is 9.47 Å². The summed E-state index contributed by atoms with van der Waals surface area (Å²) in [5.41, 5.74) is 0.907. The number of rotatable bonds is 4. The molecule has 0 heterocycles. The normalized spacial score (nSPS) is 9.38. The van der Waals surface area contributed by atoms with Crippen molar-refractivity contribution in [1.29, 1.82) is 0 Å². The van der Waals surface area contributed by atoms with E-state index in [2.05, 4.69) is 12.7 Å². The van der Waals surface area contributed by atoms with Crippen LogP contribution in [-0.2, 0) is 0 Å². The van der Waals surface area contributed by atoms with Crippen molar-refractivity contribution in [3.8, 4) is 11.5 Å². The zero-order valence-corrected chi connectivity index (χ0v) is 7.96. The van der Waals surface area contributed by atoms with Gasteiger partial charge in [0.05, 0.1) is 13.7 Å². The van der Waals surface area contributed by atoms with Gasteiger partial charge in [0, 0.05) is 0 Å². The largest absolute Gasteiger partial charge is 0.493 e. The number of hydrogen-bond donors (Lipinski definition) is 0. The Balaban J connectivity index is 3.02. The highest BCUT2D eigenvalue weighted by atomic mass is 16.5. The van der Waals surface area contributed by atoms with Crippen LogP contribution in [0.5, 0.6) is 11.5 Å². The van der Waals surface area contributed by atoms with Gasteiger partial charge in [-0.1, -0.05) is 12.6 Å². The summed E-state index contributed by atoms with van der Waals surface area (Å²) in [6, 6.07) is 5.59. The van der Waals surface area contributed by atoms with Gasteiger partial charge < -0.3 is 9.47 Å². The summed E-state index contributed by atoms with van der Waals surface area (Å²) in [4.78, 5) is 0. The maximum atomic E-state index is 5.38. The Labute approximate surface area is 78.8 Å². The van der Waals surface area contributed by atoms with Crippen LogP contribution in [0.15, 0.2) is 24.8 Å². The van der Waals surface area contributed by atoms with Crippen LogP contribution in [0, 0.1) is 6.08 Å². The third-order valence-electron chi connectivity index (χ3n) is 1.67.